The van der Waals surface area contributed by atoms with E-state index in [0.717, 1.165) is 12.1 Å². The van der Waals surface area contributed by atoms with Gasteiger partial charge in [-0.15, -0.1) is 0 Å². The molecule has 0 atom stereocenters. The van der Waals surface area contributed by atoms with Gasteiger partial charge in [-0.3, -0.25) is 4.79 Å². The second-order valence-electron chi connectivity index (χ2n) is 4.81. The molecule has 2 aromatic heterocycles. The minimum atomic E-state index is -0.850. The van der Waals surface area contributed by atoms with E-state index in [1.165, 1.54) is 12.1 Å². The Kier molecular flexibility index (Phi) is 3.32. The van der Waals surface area contributed by atoms with Crippen molar-refractivity contribution in [3.8, 4) is 0 Å². The molecule has 0 aliphatic rings. The molecule has 0 spiro atoms. The fourth-order valence-electron chi connectivity index (χ4n) is 2.19. The first-order chi connectivity index (χ1) is 10.5. The highest BCUT2D eigenvalue weighted by Crippen LogP contribution is 2.24. The molecule has 1 N–H and O–H groups in total. The Balaban J connectivity index is 2.08. The number of fused-ring (bicyclic) bond motifs is 1. The van der Waals surface area contributed by atoms with Gasteiger partial charge < -0.3 is 9.84 Å². The maximum absolute atomic E-state index is 13.6. The van der Waals surface area contributed by atoms with Gasteiger partial charge in [0.2, 0.25) is 0 Å². The van der Waals surface area contributed by atoms with E-state index in [1.54, 1.807) is 13.8 Å². The van der Waals surface area contributed by atoms with Gasteiger partial charge in [0.15, 0.2) is 0 Å². The van der Waals surface area contributed by atoms with Gasteiger partial charge in [0.1, 0.15) is 17.3 Å². The molecule has 0 unspecified atom stereocenters. The van der Waals surface area contributed by atoms with Crippen molar-refractivity contribution in [2.75, 3.05) is 5.32 Å². The monoisotopic (exact) mass is 303 g/mol. The van der Waals surface area contributed by atoms with E-state index in [2.05, 4.69) is 15.5 Å². The smallest absolute Gasteiger partial charge is 0.258 e. The van der Waals surface area contributed by atoms with Crippen LogP contribution in [0.15, 0.2) is 28.8 Å². The highest BCUT2D eigenvalue weighted by molar-refractivity contribution is 6.12. The van der Waals surface area contributed by atoms with Crippen LogP contribution >= 0.6 is 0 Å². The van der Waals surface area contributed by atoms with Crippen molar-refractivity contribution in [2.45, 2.75) is 13.8 Å². The van der Waals surface area contributed by atoms with Crippen molar-refractivity contribution >= 4 is 22.7 Å². The average Bonchev–Trinajstić information content (AvgIpc) is 2.83. The Bertz CT molecular complexity index is 870. The second-order valence-corrected chi connectivity index (χ2v) is 4.81. The third kappa shape index (κ3) is 2.30. The molecule has 7 heteroatoms. The number of anilines is 1. The van der Waals surface area contributed by atoms with Gasteiger partial charge in [-0.05, 0) is 32.0 Å². The van der Waals surface area contributed by atoms with Crippen LogP contribution in [0.3, 0.4) is 0 Å². The van der Waals surface area contributed by atoms with Gasteiger partial charge in [-0.2, -0.15) is 0 Å². The molecule has 1 amide bonds. The predicted molar refractivity (Wildman–Crippen MR) is 75.6 cm³/mol. The van der Waals surface area contributed by atoms with Gasteiger partial charge in [0.05, 0.1) is 16.6 Å². The summed E-state index contributed by atoms with van der Waals surface area (Å²) in [6.45, 7) is 3.33. The number of aromatic nitrogens is 2. The van der Waals surface area contributed by atoms with E-state index in [0.29, 0.717) is 16.8 Å². The summed E-state index contributed by atoms with van der Waals surface area (Å²) in [6, 6.07) is 4.87. The van der Waals surface area contributed by atoms with Crippen LogP contribution in [0.5, 0.6) is 0 Å². The number of aryl methyl sites for hydroxylation is 2. The number of nitrogens with one attached hydrogen (secondary N) is 1. The largest absolute Gasteiger partial charge is 0.336 e. The lowest BCUT2D eigenvalue weighted by molar-refractivity contribution is 0.102. The predicted octanol–water partition coefficient (Wildman–Crippen LogP) is 3.37. The van der Waals surface area contributed by atoms with Crippen LogP contribution in [0.4, 0.5) is 14.5 Å². The van der Waals surface area contributed by atoms with E-state index in [-0.39, 0.29) is 11.3 Å². The van der Waals surface area contributed by atoms with Crippen molar-refractivity contribution in [2.24, 2.45) is 0 Å². The third-order valence-electron chi connectivity index (χ3n) is 3.19. The van der Waals surface area contributed by atoms with Gasteiger partial charge in [-0.25, -0.2) is 13.8 Å². The standard InChI is InChI=1S/C15H11F2N3O2/c1-7-6-9(12-8(2)20-22-15(12)18-7)14(21)19-13-10(16)4-3-5-11(13)17/h3-6H,1-2H3,(H,19,21). The zero-order chi connectivity index (χ0) is 15.9. The van der Waals surface area contributed by atoms with Crippen molar-refractivity contribution < 1.29 is 18.1 Å². The number of carbonyl (C=O) groups is 1. The number of hydrogen-bond acceptors (Lipinski definition) is 4. The number of pyridine rings is 1. The molecule has 0 fully saturated rings. The van der Waals surface area contributed by atoms with Crippen LogP contribution in [0, 0.1) is 25.5 Å². The Labute approximate surface area is 123 Å². The molecule has 22 heavy (non-hydrogen) atoms. The fraction of sp³-hybridized carbons (Fsp3) is 0.133. The topological polar surface area (TPSA) is 68.0 Å². The van der Waals surface area contributed by atoms with Crippen LogP contribution in [-0.4, -0.2) is 16.0 Å². The highest BCUT2D eigenvalue weighted by atomic mass is 19.1. The molecule has 0 bridgehead atoms. The van der Waals surface area contributed by atoms with E-state index in [1.807, 2.05) is 0 Å². The minimum Gasteiger partial charge on any atom is -0.336 e. The van der Waals surface area contributed by atoms with E-state index in [4.69, 9.17) is 4.52 Å². The molecule has 3 aromatic rings. The Morgan fingerprint density at radius 1 is 1.23 bits per heavy atom. The van der Waals surface area contributed by atoms with E-state index < -0.39 is 23.2 Å². The SMILES string of the molecule is Cc1cc(C(=O)Nc2c(F)cccc2F)c2c(C)noc2n1. The molecule has 0 saturated carbocycles. The van der Waals surface area contributed by atoms with Crippen LogP contribution in [0.25, 0.3) is 11.1 Å². The molecule has 0 aliphatic carbocycles. The maximum atomic E-state index is 13.6. The van der Waals surface area contributed by atoms with Gasteiger partial charge in [0, 0.05) is 5.69 Å². The summed E-state index contributed by atoms with van der Waals surface area (Å²) < 4.78 is 32.3. The third-order valence-corrected chi connectivity index (χ3v) is 3.19. The first kappa shape index (κ1) is 14.1. The van der Waals surface area contributed by atoms with Crippen LogP contribution in [0.2, 0.25) is 0 Å². The number of nitrogens with zero attached hydrogens (tertiary/aromatic N) is 2. The van der Waals surface area contributed by atoms with Crippen molar-refractivity contribution in [1.82, 2.24) is 10.1 Å². The molecule has 1 aromatic carbocycles. The van der Waals surface area contributed by atoms with Crippen molar-refractivity contribution in [1.29, 1.82) is 0 Å². The van der Waals surface area contributed by atoms with Crippen LogP contribution in [0.1, 0.15) is 21.7 Å². The lowest BCUT2D eigenvalue weighted by atomic mass is 10.1. The van der Waals surface area contributed by atoms with Crippen molar-refractivity contribution in [3.05, 3.63) is 52.9 Å². The quantitative estimate of drug-likeness (QED) is 0.788. The number of para-hydroxylation sites is 1. The number of carbonyl (C=O) groups excluding carboxylic acids is 1. The zero-order valence-corrected chi connectivity index (χ0v) is 11.8. The molecular weight excluding hydrogens is 292 g/mol. The summed E-state index contributed by atoms with van der Waals surface area (Å²) in [4.78, 5) is 16.5. The summed E-state index contributed by atoms with van der Waals surface area (Å²) in [5.74, 6) is -2.36. The number of hydrogen-bond donors (Lipinski definition) is 1. The summed E-state index contributed by atoms with van der Waals surface area (Å²) >= 11 is 0. The molecule has 0 aliphatic heterocycles. The van der Waals surface area contributed by atoms with Crippen LogP contribution in [-0.2, 0) is 0 Å². The number of benzene rings is 1. The number of halogens is 2. The molecule has 5 nitrogen and oxygen atoms in total. The molecule has 3 rings (SSSR count). The lowest BCUT2D eigenvalue weighted by Gasteiger charge is -2.08. The highest BCUT2D eigenvalue weighted by Gasteiger charge is 2.20. The lowest BCUT2D eigenvalue weighted by Crippen LogP contribution is -2.15. The first-order valence-electron chi connectivity index (χ1n) is 6.46. The Hall–Kier alpha value is -2.83. The summed E-state index contributed by atoms with van der Waals surface area (Å²) in [5, 5.41) is 6.42. The van der Waals surface area contributed by atoms with Crippen LogP contribution < -0.4 is 5.32 Å². The number of amides is 1. The first-order valence-corrected chi connectivity index (χ1v) is 6.46. The van der Waals surface area contributed by atoms with Gasteiger partial charge in [-0.1, -0.05) is 11.2 Å². The summed E-state index contributed by atoms with van der Waals surface area (Å²) in [5.41, 5.74) is 0.911. The van der Waals surface area contributed by atoms with Crippen molar-refractivity contribution in [3.63, 3.8) is 0 Å². The van der Waals surface area contributed by atoms with Gasteiger partial charge in [0.25, 0.3) is 11.6 Å². The molecular formula is C15H11F2N3O2. The second kappa shape index (κ2) is 5.18. The normalized spacial score (nSPS) is 10.9. The van der Waals surface area contributed by atoms with Gasteiger partial charge >= 0.3 is 0 Å². The zero-order valence-electron chi connectivity index (χ0n) is 11.8. The Morgan fingerprint density at radius 2 is 1.91 bits per heavy atom. The minimum absolute atomic E-state index is 0.198. The Morgan fingerprint density at radius 3 is 2.59 bits per heavy atom. The fourth-order valence-corrected chi connectivity index (χ4v) is 2.19. The number of rotatable bonds is 2. The molecule has 0 radical (unpaired) electrons. The molecule has 112 valence electrons. The summed E-state index contributed by atoms with van der Waals surface area (Å²) in [7, 11) is 0. The molecule has 0 saturated heterocycles. The van der Waals surface area contributed by atoms with E-state index >= 15 is 0 Å². The summed E-state index contributed by atoms with van der Waals surface area (Å²) in [6.07, 6.45) is 0. The maximum Gasteiger partial charge on any atom is 0.258 e. The average molecular weight is 303 g/mol. The molecule has 2 heterocycles. The van der Waals surface area contributed by atoms with E-state index in [9.17, 15) is 13.6 Å².